The number of aliphatic carboxylic acids is 1. The number of carbonyl (C=O) groups excluding carboxylic acids is 1. The van der Waals surface area contributed by atoms with Crippen LogP contribution in [0.2, 0.25) is 0 Å². The van der Waals surface area contributed by atoms with Gasteiger partial charge in [0.25, 0.3) is 0 Å². The second-order valence-corrected chi connectivity index (χ2v) is 3.56. The number of carbonyl (C=O) groups is 2. The Morgan fingerprint density at radius 1 is 1.62 bits per heavy atom. The van der Waals surface area contributed by atoms with E-state index in [1.807, 2.05) is 0 Å². The van der Waals surface area contributed by atoms with Crippen LogP contribution in [0.1, 0.15) is 6.42 Å². The first kappa shape index (κ1) is 12.1. The lowest BCUT2D eigenvalue weighted by molar-refractivity contribution is -0.139. The van der Waals surface area contributed by atoms with Crippen LogP contribution in [0, 0.1) is 0 Å². The standard InChI is InChI=1S/C7H11BrN2O3/c1-4(8)3-10-7(13)5(9)2-6(11)12/h5H,1-3,9H2,(H,10,13)(H,11,12). The first-order valence-corrected chi connectivity index (χ1v) is 4.31. The summed E-state index contributed by atoms with van der Waals surface area (Å²) in [5, 5.41) is 10.7. The highest BCUT2D eigenvalue weighted by atomic mass is 79.9. The highest BCUT2D eigenvalue weighted by Crippen LogP contribution is 1.97. The summed E-state index contributed by atoms with van der Waals surface area (Å²) in [6, 6.07) is -1.01. The van der Waals surface area contributed by atoms with Crippen molar-refractivity contribution >= 4 is 27.8 Å². The normalized spacial score (nSPS) is 11.8. The van der Waals surface area contributed by atoms with Crippen molar-refractivity contribution in [3.8, 4) is 0 Å². The van der Waals surface area contributed by atoms with Crippen LogP contribution in [0.4, 0.5) is 0 Å². The van der Waals surface area contributed by atoms with E-state index in [1.165, 1.54) is 0 Å². The van der Waals surface area contributed by atoms with Gasteiger partial charge in [-0.3, -0.25) is 9.59 Å². The molecule has 74 valence electrons. The maximum Gasteiger partial charge on any atom is 0.305 e. The Morgan fingerprint density at radius 2 is 2.15 bits per heavy atom. The molecule has 0 saturated heterocycles. The third kappa shape index (κ3) is 6.30. The third-order valence-electron chi connectivity index (χ3n) is 1.19. The third-order valence-corrected chi connectivity index (χ3v) is 1.47. The van der Waals surface area contributed by atoms with Gasteiger partial charge in [-0.1, -0.05) is 22.5 Å². The number of carboxylic acid groups (broad SMARTS) is 1. The van der Waals surface area contributed by atoms with Gasteiger partial charge in [-0.15, -0.1) is 0 Å². The highest BCUT2D eigenvalue weighted by molar-refractivity contribution is 9.11. The van der Waals surface area contributed by atoms with Crippen molar-refractivity contribution in [2.24, 2.45) is 5.73 Å². The number of nitrogens with two attached hydrogens (primary N) is 1. The number of nitrogens with one attached hydrogen (secondary N) is 1. The van der Waals surface area contributed by atoms with Crippen molar-refractivity contribution in [2.45, 2.75) is 12.5 Å². The lowest BCUT2D eigenvalue weighted by atomic mass is 10.2. The Morgan fingerprint density at radius 3 is 2.54 bits per heavy atom. The lowest BCUT2D eigenvalue weighted by Gasteiger charge is -2.08. The van der Waals surface area contributed by atoms with Gasteiger partial charge in [0.2, 0.25) is 5.91 Å². The molecule has 0 aromatic carbocycles. The van der Waals surface area contributed by atoms with Crippen LogP contribution in [-0.4, -0.2) is 29.6 Å². The smallest absolute Gasteiger partial charge is 0.305 e. The van der Waals surface area contributed by atoms with Gasteiger partial charge >= 0.3 is 5.97 Å². The van der Waals surface area contributed by atoms with Crippen molar-refractivity contribution in [2.75, 3.05) is 6.54 Å². The SMILES string of the molecule is C=C(Br)CNC(=O)C(N)CC(=O)O. The van der Waals surface area contributed by atoms with Crippen molar-refractivity contribution in [3.63, 3.8) is 0 Å². The summed E-state index contributed by atoms with van der Waals surface area (Å²) in [6.45, 7) is 3.73. The van der Waals surface area contributed by atoms with Gasteiger partial charge in [0.15, 0.2) is 0 Å². The van der Waals surface area contributed by atoms with Gasteiger partial charge in [0, 0.05) is 11.0 Å². The fraction of sp³-hybridized carbons (Fsp3) is 0.429. The second kappa shape index (κ2) is 5.71. The Hall–Kier alpha value is -0.880. The predicted octanol–water partition coefficient (Wildman–Crippen LogP) is -0.187. The zero-order valence-electron chi connectivity index (χ0n) is 6.92. The van der Waals surface area contributed by atoms with E-state index >= 15 is 0 Å². The molecule has 0 heterocycles. The summed E-state index contributed by atoms with van der Waals surface area (Å²) in [5.41, 5.74) is 5.27. The number of hydrogen-bond donors (Lipinski definition) is 3. The molecule has 0 radical (unpaired) electrons. The lowest BCUT2D eigenvalue weighted by Crippen LogP contribution is -2.42. The Labute approximate surface area is 84.1 Å². The zero-order chi connectivity index (χ0) is 10.4. The van der Waals surface area contributed by atoms with E-state index in [-0.39, 0.29) is 13.0 Å². The molecule has 6 heteroatoms. The summed E-state index contributed by atoms with van der Waals surface area (Å²) >= 11 is 3.04. The quantitative estimate of drug-likeness (QED) is 0.631. The summed E-state index contributed by atoms with van der Waals surface area (Å²) in [5.74, 6) is -1.59. The number of hydrogen-bond acceptors (Lipinski definition) is 3. The van der Waals surface area contributed by atoms with Crippen LogP contribution in [0.25, 0.3) is 0 Å². The molecular weight excluding hydrogens is 240 g/mol. The molecule has 1 amide bonds. The molecule has 0 aromatic rings. The van der Waals surface area contributed by atoms with Gasteiger partial charge in [-0.05, 0) is 0 Å². The number of halogens is 1. The molecule has 0 rings (SSSR count). The van der Waals surface area contributed by atoms with E-state index in [9.17, 15) is 9.59 Å². The molecule has 1 atom stereocenters. The van der Waals surface area contributed by atoms with Gasteiger partial charge in [-0.25, -0.2) is 0 Å². The zero-order valence-corrected chi connectivity index (χ0v) is 8.50. The fourth-order valence-electron chi connectivity index (χ4n) is 0.595. The fourth-order valence-corrected chi connectivity index (χ4v) is 0.735. The van der Waals surface area contributed by atoms with Gasteiger partial charge in [-0.2, -0.15) is 0 Å². The second-order valence-electron chi connectivity index (χ2n) is 2.44. The molecule has 0 aromatic heterocycles. The summed E-state index contributed by atoms with van der Waals surface area (Å²) in [4.78, 5) is 21.2. The van der Waals surface area contributed by atoms with Crippen LogP contribution in [0.5, 0.6) is 0 Å². The van der Waals surface area contributed by atoms with Gasteiger partial charge < -0.3 is 16.2 Å². The Balaban J connectivity index is 3.82. The number of amides is 1. The minimum atomic E-state index is -1.10. The van der Waals surface area contributed by atoms with Crippen LogP contribution in [0.3, 0.4) is 0 Å². The van der Waals surface area contributed by atoms with Crippen molar-refractivity contribution < 1.29 is 14.7 Å². The van der Waals surface area contributed by atoms with E-state index in [2.05, 4.69) is 27.8 Å². The van der Waals surface area contributed by atoms with Crippen molar-refractivity contribution in [1.29, 1.82) is 0 Å². The van der Waals surface area contributed by atoms with E-state index < -0.39 is 17.9 Å². The largest absolute Gasteiger partial charge is 0.481 e. The minimum absolute atomic E-state index is 0.242. The molecule has 5 nitrogen and oxygen atoms in total. The predicted molar refractivity (Wildman–Crippen MR) is 51.3 cm³/mol. The Kier molecular flexibility index (Phi) is 5.33. The van der Waals surface area contributed by atoms with E-state index in [1.54, 1.807) is 0 Å². The molecule has 0 aliphatic heterocycles. The molecule has 1 unspecified atom stereocenters. The summed E-state index contributed by atoms with van der Waals surface area (Å²) in [6.07, 6.45) is -0.374. The van der Waals surface area contributed by atoms with Crippen LogP contribution < -0.4 is 11.1 Å². The van der Waals surface area contributed by atoms with E-state index in [0.29, 0.717) is 4.48 Å². The Bertz CT molecular complexity index is 230. The number of rotatable bonds is 5. The summed E-state index contributed by atoms with van der Waals surface area (Å²) < 4.78 is 0.600. The van der Waals surface area contributed by atoms with E-state index in [4.69, 9.17) is 10.8 Å². The molecule has 0 fully saturated rings. The van der Waals surface area contributed by atoms with Crippen LogP contribution in [0.15, 0.2) is 11.1 Å². The first-order valence-electron chi connectivity index (χ1n) is 3.52. The average molecular weight is 251 g/mol. The maximum atomic E-state index is 11.0. The molecule has 0 bridgehead atoms. The number of carboxylic acids is 1. The molecule has 0 saturated carbocycles. The minimum Gasteiger partial charge on any atom is -0.481 e. The molecule has 0 spiro atoms. The first-order chi connectivity index (χ1) is 5.93. The molecule has 4 N–H and O–H groups in total. The summed E-state index contributed by atoms with van der Waals surface area (Å²) in [7, 11) is 0. The average Bonchev–Trinajstić information content (AvgIpc) is 1.98. The van der Waals surface area contributed by atoms with Gasteiger partial charge in [0.1, 0.15) is 0 Å². The highest BCUT2D eigenvalue weighted by Gasteiger charge is 2.16. The van der Waals surface area contributed by atoms with Crippen molar-refractivity contribution in [3.05, 3.63) is 11.1 Å². The topological polar surface area (TPSA) is 92.4 Å². The van der Waals surface area contributed by atoms with Crippen molar-refractivity contribution in [1.82, 2.24) is 5.32 Å². The molecule has 0 aliphatic rings. The maximum absolute atomic E-state index is 11.0. The van der Waals surface area contributed by atoms with Crippen LogP contribution >= 0.6 is 15.9 Å². The monoisotopic (exact) mass is 250 g/mol. The van der Waals surface area contributed by atoms with Gasteiger partial charge in [0.05, 0.1) is 12.5 Å². The molecule has 13 heavy (non-hydrogen) atoms. The molecular formula is C7H11BrN2O3. The molecule has 0 aliphatic carbocycles. The van der Waals surface area contributed by atoms with E-state index in [0.717, 1.165) is 0 Å². The van der Waals surface area contributed by atoms with Crippen LogP contribution in [-0.2, 0) is 9.59 Å².